The van der Waals surface area contributed by atoms with Crippen molar-refractivity contribution in [2.24, 2.45) is 10.9 Å². The fourth-order valence-electron chi connectivity index (χ4n) is 3.03. The number of hydrazone groups is 1. The van der Waals surface area contributed by atoms with Gasteiger partial charge in [-0.25, -0.2) is 4.98 Å². The number of hydrogen-bond acceptors (Lipinski definition) is 5. The number of rotatable bonds is 4. The van der Waals surface area contributed by atoms with Crippen LogP contribution in [0, 0.1) is 0 Å². The Kier molecular flexibility index (Phi) is 5.50. The van der Waals surface area contributed by atoms with Crippen molar-refractivity contribution < 1.29 is 4.74 Å². The summed E-state index contributed by atoms with van der Waals surface area (Å²) in [5.74, 6) is 7.44. The third-order valence-electron chi connectivity index (χ3n) is 4.24. The van der Waals surface area contributed by atoms with Crippen molar-refractivity contribution in [1.82, 2.24) is 4.98 Å². The Balaban J connectivity index is 1.87. The molecule has 0 bridgehead atoms. The minimum Gasteiger partial charge on any atom is -0.378 e. The first-order valence-electron chi connectivity index (χ1n) is 8.62. The minimum atomic E-state index is 0.193. The first-order valence-corrected chi connectivity index (χ1v) is 8.62. The molecule has 2 N–H and O–H groups in total. The maximum absolute atomic E-state index is 5.73. The molecule has 3 rings (SSSR count). The van der Waals surface area contributed by atoms with Crippen molar-refractivity contribution >= 4 is 17.3 Å². The smallest absolute Gasteiger partial charge is 0.160 e. The molecule has 25 heavy (non-hydrogen) atoms. The number of morpholine rings is 1. The zero-order valence-electron chi connectivity index (χ0n) is 14.8. The van der Waals surface area contributed by atoms with Crippen LogP contribution in [0.25, 0.3) is 0 Å². The Labute approximate surface area is 148 Å². The van der Waals surface area contributed by atoms with Gasteiger partial charge in [0.1, 0.15) is 5.82 Å². The van der Waals surface area contributed by atoms with Crippen molar-refractivity contribution in [1.29, 1.82) is 0 Å². The van der Waals surface area contributed by atoms with E-state index < -0.39 is 0 Å². The molecule has 0 aliphatic carbocycles. The molecule has 0 saturated carbocycles. The van der Waals surface area contributed by atoms with Crippen molar-refractivity contribution in [3.8, 4) is 0 Å². The first-order chi connectivity index (χ1) is 12.2. The van der Waals surface area contributed by atoms with Gasteiger partial charge in [-0.15, -0.1) is 0 Å². The molecule has 1 saturated heterocycles. The van der Waals surface area contributed by atoms with E-state index in [2.05, 4.69) is 45.9 Å². The number of benzene rings is 1. The Hall–Kier alpha value is -2.60. The lowest BCUT2D eigenvalue weighted by atomic mass is 10.1. The molecular formula is C19H25N5O. The number of ether oxygens (including phenoxy) is 1. The molecule has 0 spiro atoms. The summed E-state index contributed by atoms with van der Waals surface area (Å²) in [7, 11) is 0. The summed E-state index contributed by atoms with van der Waals surface area (Å²) in [6.07, 6.45) is 1.89. The van der Waals surface area contributed by atoms with Crippen LogP contribution in [0.1, 0.15) is 19.4 Å². The van der Waals surface area contributed by atoms with Crippen LogP contribution >= 0.6 is 0 Å². The summed E-state index contributed by atoms with van der Waals surface area (Å²) in [6.45, 7) is 7.48. The molecule has 1 aromatic heterocycles. The van der Waals surface area contributed by atoms with Crippen LogP contribution < -0.4 is 15.6 Å². The van der Waals surface area contributed by atoms with Gasteiger partial charge in [-0.05, 0) is 26.0 Å². The number of nitrogens with two attached hydrogens (primary N) is 1. The van der Waals surface area contributed by atoms with E-state index in [0.717, 1.165) is 49.2 Å². The molecular weight excluding hydrogens is 314 g/mol. The van der Waals surface area contributed by atoms with Crippen LogP contribution in [0.2, 0.25) is 0 Å². The summed E-state index contributed by atoms with van der Waals surface area (Å²) in [6, 6.07) is 14.3. The third kappa shape index (κ3) is 3.91. The second kappa shape index (κ2) is 7.98. The summed E-state index contributed by atoms with van der Waals surface area (Å²) >= 11 is 0. The molecule has 1 aliphatic heterocycles. The number of hydrogen-bond donors (Lipinski definition) is 1. The fourth-order valence-corrected chi connectivity index (χ4v) is 3.03. The van der Waals surface area contributed by atoms with Crippen LogP contribution in [-0.2, 0) is 4.74 Å². The number of aromatic nitrogens is 1. The summed E-state index contributed by atoms with van der Waals surface area (Å²) < 4.78 is 5.40. The van der Waals surface area contributed by atoms with Crippen LogP contribution in [0.4, 0.5) is 11.5 Å². The Morgan fingerprint density at radius 2 is 1.88 bits per heavy atom. The Morgan fingerprint density at radius 3 is 2.44 bits per heavy atom. The van der Waals surface area contributed by atoms with Crippen molar-refractivity contribution in [2.75, 3.05) is 36.1 Å². The van der Waals surface area contributed by atoms with Gasteiger partial charge in [0.25, 0.3) is 0 Å². The third-order valence-corrected chi connectivity index (χ3v) is 4.24. The second-order valence-electron chi connectivity index (χ2n) is 6.26. The predicted molar refractivity (Wildman–Crippen MR) is 102 cm³/mol. The fraction of sp³-hybridized carbons (Fsp3) is 0.368. The van der Waals surface area contributed by atoms with E-state index in [-0.39, 0.29) is 6.04 Å². The monoisotopic (exact) mass is 339 g/mol. The Bertz CT molecular complexity index is 694. The summed E-state index contributed by atoms with van der Waals surface area (Å²) in [5, 5.41) is 4.06. The molecule has 1 aliphatic rings. The van der Waals surface area contributed by atoms with E-state index in [4.69, 9.17) is 10.6 Å². The van der Waals surface area contributed by atoms with Crippen molar-refractivity contribution in [3.63, 3.8) is 0 Å². The van der Waals surface area contributed by atoms with Gasteiger partial charge in [0.15, 0.2) is 5.84 Å². The minimum absolute atomic E-state index is 0.193. The summed E-state index contributed by atoms with van der Waals surface area (Å²) in [4.78, 5) is 8.99. The number of pyridine rings is 1. The molecule has 0 radical (unpaired) electrons. The van der Waals surface area contributed by atoms with Gasteiger partial charge in [-0.3, -0.25) is 0 Å². The highest BCUT2D eigenvalue weighted by atomic mass is 16.5. The molecule has 1 aromatic carbocycles. The van der Waals surface area contributed by atoms with Crippen LogP contribution in [0.5, 0.6) is 0 Å². The van der Waals surface area contributed by atoms with E-state index in [9.17, 15) is 0 Å². The van der Waals surface area contributed by atoms with Gasteiger partial charge in [0, 0.05) is 24.7 Å². The molecule has 0 atom stereocenters. The second-order valence-corrected chi connectivity index (χ2v) is 6.26. The zero-order chi connectivity index (χ0) is 17.6. The lowest BCUT2D eigenvalue weighted by molar-refractivity contribution is 0.122. The normalized spacial score (nSPS) is 15.5. The maximum atomic E-state index is 5.73. The van der Waals surface area contributed by atoms with Gasteiger partial charge < -0.3 is 20.4 Å². The van der Waals surface area contributed by atoms with Gasteiger partial charge in [-0.1, -0.05) is 30.3 Å². The van der Waals surface area contributed by atoms with Crippen LogP contribution in [0.3, 0.4) is 0 Å². The first kappa shape index (κ1) is 17.2. The standard InChI is InChI=1S/C19H25N5O/c1-15(2)24(19(22-20)16-6-4-3-5-7-16)17-8-9-18(21-14-17)23-10-12-25-13-11-23/h3-9,14-15H,10-13,20H2,1-2H3. The number of anilines is 2. The highest BCUT2D eigenvalue weighted by Crippen LogP contribution is 2.23. The average Bonchev–Trinajstić information content (AvgIpc) is 2.67. The van der Waals surface area contributed by atoms with E-state index in [1.54, 1.807) is 0 Å². The van der Waals surface area contributed by atoms with Gasteiger partial charge >= 0.3 is 0 Å². The predicted octanol–water partition coefficient (Wildman–Crippen LogP) is 2.45. The Morgan fingerprint density at radius 1 is 1.16 bits per heavy atom. The van der Waals surface area contributed by atoms with Gasteiger partial charge in [-0.2, -0.15) is 5.10 Å². The molecule has 2 heterocycles. The van der Waals surface area contributed by atoms with E-state index >= 15 is 0 Å². The molecule has 0 unspecified atom stereocenters. The lowest BCUT2D eigenvalue weighted by Gasteiger charge is -2.31. The highest BCUT2D eigenvalue weighted by Gasteiger charge is 2.20. The van der Waals surface area contributed by atoms with Crippen molar-refractivity contribution in [3.05, 3.63) is 54.2 Å². The van der Waals surface area contributed by atoms with Crippen LogP contribution in [0.15, 0.2) is 53.8 Å². The molecule has 1 fully saturated rings. The maximum Gasteiger partial charge on any atom is 0.160 e. The summed E-state index contributed by atoms with van der Waals surface area (Å²) in [5.41, 5.74) is 1.95. The topological polar surface area (TPSA) is 67.0 Å². The van der Waals surface area contributed by atoms with Crippen molar-refractivity contribution in [2.45, 2.75) is 19.9 Å². The van der Waals surface area contributed by atoms with E-state index in [0.29, 0.717) is 0 Å². The average molecular weight is 339 g/mol. The van der Waals surface area contributed by atoms with E-state index in [1.165, 1.54) is 0 Å². The molecule has 6 heteroatoms. The largest absolute Gasteiger partial charge is 0.378 e. The molecule has 0 amide bonds. The lowest BCUT2D eigenvalue weighted by Crippen LogP contribution is -2.39. The quantitative estimate of drug-likeness (QED) is 0.401. The van der Waals surface area contributed by atoms with Gasteiger partial charge in [0.05, 0.1) is 25.1 Å². The highest BCUT2D eigenvalue weighted by molar-refractivity contribution is 6.10. The van der Waals surface area contributed by atoms with Crippen LogP contribution in [-0.4, -0.2) is 43.2 Å². The molecule has 6 nitrogen and oxygen atoms in total. The number of nitrogens with zero attached hydrogens (tertiary/aromatic N) is 4. The number of amidine groups is 1. The molecule has 132 valence electrons. The van der Waals surface area contributed by atoms with Gasteiger partial charge in [0.2, 0.25) is 0 Å². The SMILES string of the molecule is CC(C)N(C(=NN)c1ccccc1)c1ccc(N2CCOCC2)nc1. The molecule has 2 aromatic rings. The zero-order valence-corrected chi connectivity index (χ0v) is 14.8. The van der Waals surface area contributed by atoms with E-state index in [1.807, 2.05) is 36.5 Å².